The van der Waals surface area contributed by atoms with Crippen molar-refractivity contribution in [3.05, 3.63) is 84.3 Å². The standard InChI is InChI=1S/C20H13F3N4O/c21-20(22,23)13-7-8-18(27-11-3-10-25-27)17(12-13)26-19(28)15-4-1-6-16-14(15)5-2-9-24-16/h1-12H,(H,26,28). The molecular weight excluding hydrogens is 369 g/mol. The van der Waals surface area contributed by atoms with Crippen LogP contribution in [0.1, 0.15) is 15.9 Å². The molecule has 0 saturated carbocycles. The van der Waals surface area contributed by atoms with Crippen molar-refractivity contribution < 1.29 is 18.0 Å². The molecule has 0 radical (unpaired) electrons. The number of alkyl halides is 3. The third-order valence-electron chi connectivity index (χ3n) is 4.21. The van der Waals surface area contributed by atoms with Gasteiger partial charge in [-0.3, -0.25) is 9.78 Å². The molecule has 0 atom stereocenters. The number of anilines is 1. The molecule has 4 aromatic rings. The summed E-state index contributed by atoms with van der Waals surface area (Å²) in [6, 6.07) is 13.2. The van der Waals surface area contributed by atoms with Gasteiger partial charge in [-0.1, -0.05) is 12.1 Å². The summed E-state index contributed by atoms with van der Waals surface area (Å²) in [5, 5.41) is 7.24. The minimum absolute atomic E-state index is 0.00409. The summed E-state index contributed by atoms with van der Waals surface area (Å²) >= 11 is 0. The van der Waals surface area contributed by atoms with Crippen molar-refractivity contribution in [1.29, 1.82) is 0 Å². The third-order valence-corrected chi connectivity index (χ3v) is 4.21. The Balaban J connectivity index is 1.78. The molecule has 0 aliphatic carbocycles. The van der Waals surface area contributed by atoms with Gasteiger partial charge in [0, 0.05) is 29.5 Å². The highest BCUT2D eigenvalue weighted by molar-refractivity contribution is 6.13. The number of nitrogens with zero attached hydrogens (tertiary/aromatic N) is 3. The molecule has 0 aliphatic rings. The monoisotopic (exact) mass is 382 g/mol. The van der Waals surface area contributed by atoms with Gasteiger partial charge in [0.15, 0.2) is 0 Å². The van der Waals surface area contributed by atoms with E-state index in [9.17, 15) is 18.0 Å². The van der Waals surface area contributed by atoms with E-state index in [1.54, 1.807) is 48.8 Å². The second-order valence-electron chi connectivity index (χ2n) is 6.01. The average molecular weight is 382 g/mol. The van der Waals surface area contributed by atoms with Crippen LogP contribution in [0.25, 0.3) is 16.6 Å². The highest BCUT2D eigenvalue weighted by Gasteiger charge is 2.31. The van der Waals surface area contributed by atoms with Crippen molar-refractivity contribution in [3.8, 4) is 5.69 Å². The maximum absolute atomic E-state index is 13.2. The highest BCUT2D eigenvalue weighted by Crippen LogP contribution is 2.33. The summed E-state index contributed by atoms with van der Waals surface area (Å²) in [5.74, 6) is -0.536. The van der Waals surface area contributed by atoms with E-state index in [1.807, 2.05) is 0 Å². The van der Waals surface area contributed by atoms with Crippen LogP contribution in [-0.2, 0) is 6.18 Å². The number of hydrogen-bond donors (Lipinski definition) is 1. The minimum atomic E-state index is -4.54. The summed E-state index contributed by atoms with van der Waals surface area (Å²) in [5.41, 5.74) is 0.397. The Morgan fingerprint density at radius 2 is 1.86 bits per heavy atom. The SMILES string of the molecule is O=C(Nc1cc(C(F)(F)F)ccc1-n1cccn1)c1cccc2ncccc12. The van der Waals surface area contributed by atoms with E-state index >= 15 is 0 Å². The molecule has 0 saturated heterocycles. The number of pyridine rings is 1. The molecule has 0 bridgehead atoms. The predicted molar refractivity (Wildman–Crippen MR) is 98.3 cm³/mol. The smallest absolute Gasteiger partial charge is 0.320 e. The zero-order valence-electron chi connectivity index (χ0n) is 14.3. The second kappa shape index (κ2) is 6.80. The molecule has 2 aromatic heterocycles. The molecular formula is C20H13F3N4O. The van der Waals surface area contributed by atoms with Gasteiger partial charge in [-0.05, 0) is 42.5 Å². The third kappa shape index (κ3) is 3.32. The first-order chi connectivity index (χ1) is 13.4. The predicted octanol–water partition coefficient (Wildman–Crippen LogP) is 4.69. The summed E-state index contributed by atoms with van der Waals surface area (Å²) in [7, 11) is 0. The molecule has 0 aliphatic heterocycles. The first kappa shape index (κ1) is 17.7. The van der Waals surface area contributed by atoms with Crippen LogP contribution in [0, 0.1) is 0 Å². The Kier molecular flexibility index (Phi) is 4.31. The van der Waals surface area contributed by atoms with Crippen molar-refractivity contribution >= 4 is 22.5 Å². The van der Waals surface area contributed by atoms with E-state index < -0.39 is 17.6 Å². The second-order valence-corrected chi connectivity index (χ2v) is 6.01. The molecule has 0 spiro atoms. The van der Waals surface area contributed by atoms with E-state index in [4.69, 9.17) is 0 Å². The van der Waals surface area contributed by atoms with E-state index in [-0.39, 0.29) is 5.69 Å². The van der Waals surface area contributed by atoms with E-state index in [2.05, 4.69) is 15.4 Å². The van der Waals surface area contributed by atoms with Gasteiger partial charge < -0.3 is 5.32 Å². The molecule has 0 fully saturated rings. The summed E-state index contributed by atoms with van der Waals surface area (Å²) in [6.45, 7) is 0. The molecule has 2 heterocycles. The van der Waals surface area contributed by atoms with Gasteiger partial charge in [0.2, 0.25) is 0 Å². The van der Waals surface area contributed by atoms with Gasteiger partial charge in [-0.2, -0.15) is 18.3 Å². The van der Waals surface area contributed by atoms with E-state index in [1.165, 1.54) is 16.9 Å². The van der Waals surface area contributed by atoms with Crippen LogP contribution in [-0.4, -0.2) is 20.7 Å². The van der Waals surface area contributed by atoms with Crippen LogP contribution in [0.5, 0.6) is 0 Å². The summed E-state index contributed by atoms with van der Waals surface area (Å²) in [6.07, 6.45) is 0.151. The zero-order valence-corrected chi connectivity index (χ0v) is 14.3. The van der Waals surface area contributed by atoms with Crippen LogP contribution >= 0.6 is 0 Å². The fourth-order valence-electron chi connectivity index (χ4n) is 2.91. The number of nitrogens with one attached hydrogen (secondary N) is 1. The number of aromatic nitrogens is 3. The van der Waals surface area contributed by atoms with Crippen LogP contribution in [0.15, 0.2) is 73.2 Å². The lowest BCUT2D eigenvalue weighted by molar-refractivity contribution is -0.137. The number of amides is 1. The number of hydrogen-bond acceptors (Lipinski definition) is 3. The maximum Gasteiger partial charge on any atom is 0.416 e. The normalized spacial score (nSPS) is 11.5. The Hall–Kier alpha value is -3.68. The lowest BCUT2D eigenvalue weighted by Gasteiger charge is -2.15. The van der Waals surface area contributed by atoms with Crippen LogP contribution < -0.4 is 5.32 Å². The molecule has 0 unspecified atom stereocenters. The van der Waals surface area contributed by atoms with Crippen molar-refractivity contribution in [1.82, 2.24) is 14.8 Å². The lowest BCUT2D eigenvalue weighted by atomic mass is 10.1. The quantitative estimate of drug-likeness (QED) is 0.559. The van der Waals surface area contributed by atoms with Crippen LogP contribution in [0.4, 0.5) is 18.9 Å². The number of fused-ring (bicyclic) bond motifs is 1. The Labute approximate surface area is 157 Å². The zero-order chi connectivity index (χ0) is 19.7. The fourth-order valence-corrected chi connectivity index (χ4v) is 2.91. The van der Waals surface area contributed by atoms with Crippen LogP contribution in [0.2, 0.25) is 0 Å². The van der Waals surface area contributed by atoms with Gasteiger partial charge in [-0.15, -0.1) is 0 Å². The molecule has 1 N–H and O–H groups in total. The summed E-state index contributed by atoms with van der Waals surface area (Å²) in [4.78, 5) is 17.1. The van der Waals surface area contributed by atoms with E-state index in [0.717, 1.165) is 12.1 Å². The fraction of sp³-hybridized carbons (Fsp3) is 0.0500. The number of carbonyl (C=O) groups excluding carboxylic acids is 1. The number of benzene rings is 2. The van der Waals surface area contributed by atoms with Crippen molar-refractivity contribution in [3.63, 3.8) is 0 Å². The largest absolute Gasteiger partial charge is 0.416 e. The lowest BCUT2D eigenvalue weighted by Crippen LogP contribution is -2.16. The topological polar surface area (TPSA) is 59.8 Å². The van der Waals surface area contributed by atoms with E-state index in [0.29, 0.717) is 22.2 Å². The van der Waals surface area contributed by atoms with Gasteiger partial charge in [0.25, 0.3) is 5.91 Å². The number of halogens is 3. The molecule has 28 heavy (non-hydrogen) atoms. The summed E-state index contributed by atoms with van der Waals surface area (Å²) < 4.78 is 40.9. The Bertz CT molecular complexity index is 1150. The molecule has 4 rings (SSSR count). The van der Waals surface area contributed by atoms with Crippen LogP contribution in [0.3, 0.4) is 0 Å². The minimum Gasteiger partial charge on any atom is -0.320 e. The van der Waals surface area contributed by atoms with Crippen molar-refractivity contribution in [2.45, 2.75) is 6.18 Å². The molecule has 140 valence electrons. The van der Waals surface area contributed by atoms with Gasteiger partial charge >= 0.3 is 6.18 Å². The highest BCUT2D eigenvalue weighted by atomic mass is 19.4. The van der Waals surface area contributed by atoms with Crippen molar-refractivity contribution in [2.24, 2.45) is 0 Å². The molecule has 2 aromatic carbocycles. The maximum atomic E-state index is 13.2. The van der Waals surface area contributed by atoms with Gasteiger partial charge in [0.05, 0.1) is 22.5 Å². The average Bonchev–Trinajstić information content (AvgIpc) is 3.21. The molecule has 5 nitrogen and oxygen atoms in total. The first-order valence-electron chi connectivity index (χ1n) is 8.30. The molecule has 1 amide bonds. The van der Waals surface area contributed by atoms with Gasteiger partial charge in [-0.25, -0.2) is 4.68 Å². The Morgan fingerprint density at radius 3 is 2.61 bits per heavy atom. The number of rotatable bonds is 3. The number of carbonyl (C=O) groups is 1. The molecule has 8 heteroatoms. The first-order valence-corrected chi connectivity index (χ1v) is 8.30. The Morgan fingerprint density at radius 1 is 1.00 bits per heavy atom. The van der Waals surface area contributed by atoms with Gasteiger partial charge in [0.1, 0.15) is 0 Å². The van der Waals surface area contributed by atoms with Crippen molar-refractivity contribution in [2.75, 3.05) is 5.32 Å².